The highest BCUT2D eigenvalue weighted by atomic mass is 16.2. The first kappa shape index (κ1) is 12.0. The molecule has 1 unspecified atom stereocenters. The summed E-state index contributed by atoms with van der Waals surface area (Å²) in [6.45, 7) is 3.97. The topological polar surface area (TPSA) is 59.4 Å². The van der Waals surface area contributed by atoms with Crippen LogP contribution < -0.4 is 5.32 Å². The highest BCUT2D eigenvalue weighted by Gasteiger charge is 2.38. The van der Waals surface area contributed by atoms with Crippen LogP contribution in [0.1, 0.15) is 11.1 Å². The minimum atomic E-state index is 0.135. The number of urea groups is 1. The molecule has 3 rings (SSSR count). The van der Waals surface area contributed by atoms with Crippen LogP contribution in [-0.2, 0) is 6.54 Å². The van der Waals surface area contributed by atoms with Crippen molar-refractivity contribution in [3.8, 4) is 6.07 Å². The first-order chi connectivity index (χ1) is 9.28. The molecule has 0 aliphatic carbocycles. The molecule has 2 saturated heterocycles. The second-order valence-corrected chi connectivity index (χ2v) is 5.02. The normalized spacial score (nSPS) is 22.3. The Hall–Kier alpha value is -2.06. The molecule has 19 heavy (non-hydrogen) atoms. The van der Waals surface area contributed by atoms with Gasteiger partial charge in [-0.3, -0.25) is 0 Å². The average molecular weight is 256 g/mol. The number of hydrogen-bond donors (Lipinski definition) is 1. The van der Waals surface area contributed by atoms with Crippen LogP contribution in [0.15, 0.2) is 24.3 Å². The van der Waals surface area contributed by atoms with Gasteiger partial charge in [-0.15, -0.1) is 0 Å². The summed E-state index contributed by atoms with van der Waals surface area (Å²) in [5, 5.41) is 12.1. The van der Waals surface area contributed by atoms with Crippen molar-refractivity contribution in [2.75, 3.05) is 26.2 Å². The number of fused-ring (bicyclic) bond motifs is 1. The molecule has 2 aliphatic heterocycles. The van der Waals surface area contributed by atoms with E-state index in [1.807, 2.05) is 21.9 Å². The number of piperazine rings is 1. The molecule has 1 aromatic carbocycles. The van der Waals surface area contributed by atoms with E-state index in [0.717, 1.165) is 31.7 Å². The number of carbonyl (C=O) groups is 1. The molecule has 1 N–H and O–H groups in total. The molecule has 98 valence electrons. The third-order valence-corrected chi connectivity index (χ3v) is 3.75. The number of hydrogen-bond acceptors (Lipinski definition) is 3. The smallest absolute Gasteiger partial charge is 0.318 e. The lowest BCUT2D eigenvalue weighted by Crippen LogP contribution is -2.49. The van der Waals surface area contributed by atoms with Gasteiger partial charge in [0.05, 0.1) is 17.7 Å². The van der Waals surface area contributed by atoms with Crippen LogP contribution in [0.4, 0.5) is 4.79 Å². The van der Waals surface area contributed by atoms with E-state index >= 15 is 0 Å². The van der Waals surface area contributed by atoms with Gasteiger partial charge in [0.1, 0.15) is 0 Å². The van der Waals surface area contributed by atoms with Gasteiger partial charge in [-0.2, -0.15) is 5.26 Å². The molecule has 0 spiro atoms. The molecule has 2 heterocycles. The quantitative estimate of drug-likeness (QED) is 0.850. The summed E-state index contributed by atoms with van der Waals surface area (Å²) in [6, 6.07) is 9.97. The first-order valence-corrected chi connectivity index (χ1v) is 6.53. The van der Waals surface area contributed by atoms with E-state index in [1.165, 1.54) is 0 Å². The summed E-state index contributed by atoms with van der Waals surface area (Å²) >= 11 is 0. The molecule has 5 nitrogen and oxygen atoms in total. The maximum absolute atomic E-state index is 12.2. The van der Waals surface area contributed by atoms with Crippen LogP contribution in [0.25, 0.3) is 0 Å². The SMILES string of the molecule is N#Cc1ccc(CN2CC3CNCCN3C2=O)cc1. The first-order valence-electron chi connectivity index (χ1n) is 6.53. The van der Waals surface area contributed by atoms with Crippen molar-refractivity contribution in [2.24, 2.45) is 0 Å². The van der Waals surface area contributed by atoms with E-state index in [9.17, 15) is 4.79 Å². The average Bonchev–Trinajstić information content (AvgIpc) is 2.77. The van der Waals surface area contributed by atoms with Gasteiger partial charge in [0.15, 0.2) is 0 Å². The van der Waals surface area contributed by atoms with Gasteiger partial charge < -0.3 is 15.1 Å². The van der Waals surface area contributed by atoms with Crippen molar-refractivity contribution in [3.63, 3.8) is 0 Å². The maximum atomic E-state index is 12.2. The standard InChI is InChI=1S/C14H16N4O/c15-7-11-1-3-12(4-2-11)9-17-10-13-8-16-5-6-18(13)14(17)19/h1-4,13,16H,5-6,8-10H2. The largest absolute Gasteiger partial charge is 0.320 e. The van der Waals surface area contributed by atoms with Crippen LogP contribution in [-0.4, -0.2) is 48.1 Å². The van der Waals surface area contributed by atoms with Gasteiger partial charge in [-0.1, -0.05) is 12.1 Å². The number of rotatable bonds is 2. The Morgan fingerprint density at radius 2 is 2.16 bits per heavy atom. The third-order valence-electron chi connectivity index (χ3n) is 3.75. The summed E-state index contributed by atoms with van der Waals surface area (Å²) in [6.07, 6.45) is 0. The fourth-order valence-electron chi connectivity index (χ4n) is 2.73. The van der Waals surface area contributed by atoms with E-state index in [4.69, 9.17) is 5.26 Å². The van der Waals surface area contributed by atoms with Crippen molar-refractivity contribution in [3.05, 3.63) is 35.4 Å². The Kier molecular flexibility index (Phi) is 3.10. The molecule has 2 amide bonds. The zero-order valence-corrected chi connectivity index (χ0v) is 10.7. The minimum absolute atomic E-state index is 0.135. The number of nitriles is 1. The number of carbonyl (C=O) groups excluding carboxylic acids is 1. The van der Waals surface area contributed by atoms with Gasteiger partial charge in [-0.25, -0.2) is 4.79 Å². The molecular formula is C14H16N4O. The maximum Gasteiger partial charge on any atom is 0.320 e. The van der Waals surface area contributed by atoms with E-state index in [0.29, 0.717) is 18.2 Å². The van der Waals surface area contributed by atoms with Crippen LogP contribution >= 0.6 is 0 Å². The lowest BCUT2D eigenvalue weighted by Gasteiger charge is -2.28. The Labute approximate surface area is 112 Å². The van der Waals surface area contributed by atoms with Crippen molar-refractivity contribution in [1.29, 1.82) is 5.26 Å². The van der Waals surface area contributed by atoms with Crippen molar-refractivity contribution in [1.82, 2.24) is 15.1 Å². The Bertz CT molecular complexity index is 519. The minimum Gasteiger partial charge on any atom is -0.318 e. The van der Waals surface area contributed by atoms with Crippen molar-refractivity contribution >= 4 is 6.03 Å². The molecule has 0 saturated carbocycles. The molecule has 0 radical (unpaired) electrons. The number of nitrogens with one attached hydrogen (secondary N) is 1. The molecule has 0 bridgehead atoms. The summed E-state index contributed by atoms with van der Waals surface area (Å²) in [5.41, 5.74) is 1.72. The lowest BCUT2D eigenvalue weighted by molar-refractivity contribution is 0.178. The van der Waals surface area contributed by atoms with Gasteiger partial charge in [-0.05, 0) is 17.7 Å². The van der Waals surface area contributed by atoms with Crippen LogP contribution in [0.3, 0.4) is 0 Å². The van der Waals surface area contributed by atoms with Crippen LogP contribution in [0.2, 0.25) is 0 Å². The zero-order valence-electron chi connectivity index (χ0n) is 10.7. The van der Waals surface area contributed by atoms with E-state index in [1.54, 1.807) is 12.1 Å². The molecule has 1 aromatic rings. The molecule has 2 fully saturated rings. The second kappa shape index (κ2) is 4.90. The highest BCUT2D eigenvalue weighted by molar-refractivity contribution is 5.77. The molecule has 1 atom stereocenters. The molecular weight excluding hydrogens is 240 g/mol. The van der Waals surface area contributed by atoms with E-state index in [2.05, 4.69) is 11.4 Å². The van der Waals surface area contributed by atoms with Gasteiger partial charge >= 0.3 is 6.03 Å². The van der Waals surface area contributed by atoms with Gasteiger partial charge in [0.2, 0.25) is 0 Å². The third kappa shape index (κ3) is 2.27. The predicted octanol–water partition coefficient (Wildman–Crippen LogP) is 0.768. The van der Waals surface area contributed by atoms with Gasteiger partial charge in [0.25, 0.3) is 0 Å². The van der Waals surface area contributed by atoms with Crippen molar-refractivity contribution < 1.29 is 4.79 Å². The number of amides is 2. The molecule has 5 heteroatoms. The summed E-state index contributed by atoms with van der Waals surface area (Å²) < 4.78 is 0. The molecule has 0 aromatic heterocycles. The molecule has 2 aliphatic rings. The van der Waals surface area contributed by atoms with Crippen LogP contribution in [0.5, 0.6) is 0 Å². The summed E-state index contributed by atoms with van der Waals surface area (Å²) in [5.74, 6) is 0. The fourth-order valence-corrected chi connectivity index (χ4v) is 2.73. The van der Waals surface area contributed by atoms with Crippen LogP contribution in [0, 0.1) is 11.3 Å². The number of benzene rings is 1. The Balaban J connectivity index is 1.69. The van der Waals surface area contributed by atoms with E-state index < -0.39 is 0 Å². The monoisotopic (exact) mass is 256 g/mol. The van der Waals surface area contributed by atoms with Crippen molar-refractivity contribution in [2.45, 2.75) is 12.6 Å². The predicted molar refractivity (Wildman–Crippen MR) is 70.3 cm³/mol. The Morgan fingerprint density at radius 1 is 1.37 bits per heavy atom. The second-order valence-electron chi connectivity index (χ2n) is 5.02. The van der Waals surface area contributed by atoms with Gasteiger partial charge in [0, 0.05) is 32.7 Å². The lowest BCUT2D eigenvalue weighted by atomic mass is 10.1. The number of nitrogens with zero attached hydrogens (tertiary/aromatic N) is 3. The fraction of sp³-hybridized carbons (Fsp3) is 0.429. The Morgan fingerprint density at radius 3 is 2.84 bits per heavy atom. The highest BCUT2D eigenvalue weighted by Crippen LogP contribution is 2.19. The van der Waals surface area contributed by atoms with E-state index in [-0.39, 0.29) is 6.03 Å². The zero-order chi connectivity index (χ0) is 13.2. The summed E-state index contributed by atoms with van der Waals surface area (Å²) in [7, 11) is 0. The summed E-state index contributed by atoms with van der Waals surface area (Å²) in [4.78, 5) is 16.1.